The third-order valence-electron chi connectivity index (χ3n) is 5.12. The van der Waals surface area contributed by atoms with Crippen LogP contribution in [0.5, 0.6) is 0 Å². The van der Waals surface area contributed by atoms with Crippen molar-refractivity contribution in [3.8, 4) is 0 Å². The highest BCUT2D eigenvalue weighted by atomic mass is 14.6. The minimum atomic E-state index is 0.694. The third-order valence-corrected chi connectivity index (χ3v) is 5.12. The summed E-state index contributed by atoms with van der Waals surface area (Å²) in [5.74, 6) is 4.11. The van der Waals surface area contributed by atoms with Crippen LogP contribution in [0.25, 0.3) is 0 Å². The van der Waals surface area contributed by atoms with Gasteiger partial charge in [-0.1, -0.05) is 34.1 Å². The Morgan fingerprint density at radius 2 is 1.93 bits per heavy atom. The fourth-order valence-electron chi connectivity index (χ4n) is 3.86. The molecule has 0 spiro atoms. The summed E-state index contributed by atoms with van der Waals surface area (Å²) >= 11 is 0. The summed E-state index contributed by atoms with van der Waals surface area (Å²) in [6, 6.07) is 0. The molecule has 0 aliphatic heterocycles. The van der Waals surface area contributed by atoms with Gasteiger partial charge in [-0.2, -0.15) is 0 Å². The van der Waals surface area contributed by atoms with Crippen molar-refractivity contribution < 1.29 is 0 Å². The van der Waals surface area contributed by atoms with Crippen molar-refractivity contribution in [2.24, 2.45) is 29.1 Å². The van der Waals surface area contributed by atoms with E-state index < -0.39 is 0 Å². The van der Waals surface area contributed by atoms with Crippen molar-refractivity contribution in [1.82, 2.24) is 0 Å². The van der Waals surface area contributed by atoms with Crippen LogP contribution >= 0.6 is 0 Å². The highest BCUT2D eigenvalue weighted by Crippen LogP contribution is 2.62. The minimum absolute atomic E-state index is 0.694. The summed E-state index contributed by atoms with van der Waals surface area (Å²) in [4.78, 5) is 0. The molecule has 82 valence electrons. The predicted octanol–water partition coefficient (Wildman–Crippen LogP) is 4.49. The molecule has 0 nitrogen and oxygen atoms in total. The van der Waals surface area contributed by atoms with Crippen LogP contribution in [0.2, 0.25) is 0 Å². The number of hydrogen-bond donors (Lipinski definition) is 0. The zero-order valence-electron chi connectivity index (χ0n) is 10.3. The van der Waals surface area contributed by atoms with Crippen LogP contribution in [-0.2, 0) is 0 Å². The molecule has 3 rings (SSSR count). The van der Waals surface area contributed by atoms with Gasteiger partial charge < -0.3 is 0 Å². The summed E-state index contributed by atoms with van der Waals surface area (Å²) in [5.41, 5.74) is 0.694. The standard InChI is InChI=1S/C14H26/c1-10(2)5-6-11-7-8-12-9-13(11)14(12,3)4/h10-13H,5-9H2,1-4H3/t11-,12-,13-/m0/s1. The van der Waals surface area contributed by atoms with Crippen molar-refractivity contribution in [1.29, 1.82) is 0 Å². The van der Waals surface area contributed by atoms with Gasteiger partial charge in [0.1, 0.15) is 0 Å². The summed E-state index contributed by atoms with van der Waals surface area (Å²) in [7, 11) is 0. The Labute approximate surface area is 89.5 Å². The van der Waals surface area contributed by atoms with Crippen LogP contribution in [0.3, 0.4) is 0 Å². The van der Waals surface area contributed by atoms with Crippen molar-refractivity contribution in [3.63, 3.8) is 0 Å². The Hall–Kier alpha value is 0. The largest absolute Gasteiger partial charge is 0.0628 e. The molecule has 0 aromatic heterocycles. The lowest BCUT2D eigenvalue weighted by atomic mass is 9.45. The highest BCUT2D eigenvalue weighted by molar-refractivity contribution is 5.03. The SMILES string of the molecule is CC(C)CC[C@H]1CC[C@H]2C[C@@H]1C2(C)C. The molecular weight excluding hydrogens is 168 g/mol. The summed E-state index contributed by atoms with van der Waals surface area (Å²) in [6.45, 7) is 9.73. The maximum atomic E-state index is 2.51. The van der Waals surface area contributed by atoms with E-state index in [0.29, 0.717) is 5.41 Å². The number of rotatable bonds is 3. The fourth-order valence-corrected chi connectivity index (χ4v) is 3.86. The first-order valence-corrected chi connectivity index (χ1v) is 6.51. The first kappa shape index (κ1) is 10.5. The van der Waals surface area contributed by atoms with Gasteiger partial charge >= 0.3 is 0 Å². The van der Waals surface area contributed by atoms with Gasteiger partial charge in [-0.05, 0) is 54.8 Å². The van der Waals surface area contributed by atoms with Gasteiger partial charge in [0.25, 0.3) is 0 Å². The van der Waals surface area contributed by atoms with Crippen molar-refractivity contribution >= 4 is 0 Å². The van der Waals surface area contributed by atoms with Gasteiger partial charge in [0.2, 0.25) is 0 Å². The van der Waals surface area contributed by atoms with Gasteiger partial charge in [0.15, 0.2) is 0 Å². The number of fused-ring (bicyclic) bond motifs is 2. The van der Waals surface area contributed by atoms with E-state index in [1.165, 1.54) is 25.7 Å². The average Bonchev–Trinajstić information content (AvgIpc) is 2.14. The molecule has 0 heteroatoms. The molecule has 0 heterocycles. The Kier molecular flexibility index (Phi) is 2.66. The Morgan fingerprint density at radius 1 is 1.21 bits per heavy atom. The monoisotopic (exact) mass is 194 g/mol. The van der Waals surface area contributed by atoms with Crippen LogP contribution in [0.15, 0.2) is 0 Å². The van der Waals surface area contributed by atoms with Crippen LogP contribution in [-0.4, -0.2) is 0 Å². The maximum Gasteiger partial charge on any atom is -0.0295 e. The van der Waals surface area contributed by atoms with Gasteiger partial charge in [-0.15, -0.1) is 0 Å². The molecule has 3 aliphatic rings. The second-order valence-corrected chi connectivity index (χ2v) is 6.67. The molecule has 3 atom stereocenters. The molecule has 0 radical (unpaired) electrons. The normalized spacial score (nSPS) is 39.6. The Bertz CT molecular complexity index is 200. The van der Waals surface area contributed by atoms with Crippen LogP contribution in [0.4, 0.5) is 0 Å². The first-order valence-electron chi connectivity index (χ1n) is 6.51. The van der Waals surface area contributed by atoms with Crippen molar-refractivity contribution in [2.45, 2.75) is 59.8 Å². The molecule has 3 aliphatic carbocycles. The average molecular weight is 194 g/mol. The second-order valence-electron chi connectivity index (χ2n) is 6.67. The van der Waals surface area contributed by atoms with Gasteiger partial charge in [0, 0.05) is 0 Å². The molecule has 3 fully saturated rings. The van der Waals surface area contributed by atoms with Crippen molar-refractivity contribution in [2.75, 3.05) is 0 Å². The maximum absolute atomic E-state index is 2.51. The molecular formula is C14H26. The third kappa shape index (κ3) is 1.61. The summed E-state index contributed by atoms with van der Waals surface area (Å²) in [6.07, 6.45) is 7.55. The molecule has 0 aromatic carbocycles. The van der Waals surface area contributed by atoms with E-state index >= 15 is 0 Å². The van der Waals surface area contributed by atoms with Gasteiger partial charge in [-0.25, -0.2) is 0 Å². The second kappa shape index (κ2) is 3.54. The quantitative estimate of drug-likeness (QED) is 0.621. The molecule has 14 heavy (non-hydrogen) atoms. The smallest absolute Gasteiger partial charge is 0.0295 e. The van der Waals surface area contributed by atoms with E-state index in [0.717, 1.165) is 23.7 Å². The molecule has 0 aromatic rings. The van der Waals surface area contributed by atoms with Gasteiger partial charge in [0.05, 0.1) is 0 Å². The zero-order valence-corrected chi connectivity index (χ0v) is 10.3. The van der Waals surface area contributed by atoms with E-state index in [4.69, 9.17) is 0 Å². The molecule has 0 saturated heterocycles. The van der Waals surface area contributed by atoms with E-state index in [-0.39, 0.29) is 0 Å². The summed E-state index contributed by atoms with van der Waals surface area (Å²) < 4.78 is 0. The Morgan fingerprint density at radius 3 is 2.43 bits per heavy atom. The summed E-state index contributed by atoms with van der Waals surface area (Å²) in [5, 5.41) is 0. The van der Waals surface area contributed by atoms with Crippen LogP contribution in [0, 0.1) is 29.1 Å². The highest BCUT2D eigenvalue weighted by Gasteiger charge is 2.53. The van der Waals surface area contributed by atoms with E-state index in [2.05, 4.69) is 27.7 Å². The Balaban J connectivity index is 1.88. The molecule has 0 amide bonds. The molecule has 3 saturated carbocycles. The van der Waals surface area contributed by atoms with Gasteiger partial charge in [-0.3, -0.25) is 0 Å². The molecule has 0 unspecified atom stereocenters. The molecule has 0 N–H and O–H groups in total. The van der Waals surface area contributed by atoms with E-state index in [1.54, 1.807) is 6.42 Å². The topological polar surface area (TPSA) is 0 Å². The minimum Gasteiger partial charge on any atom is -0.0628 e. The lowest BCUT2D eigenvalue weighted by molar-refractivity contribution is -0.107. The van der Waals surface area contributed by atoms with Crippen LogP contribution in [0.1, 0.15) is 59.8 Å². The predicted molar refractivity (Wildman–Crippen MR) is 62.2 cm³/mol. The number of hydrogen-bond acceptors (Lipinski definition) is 0. The first-order chi connectivity index (χ1) is 6.51. The fraction of sp³-hybridized carbons (Fsp3) is 1.00. The van der Waals surface area contributed by atoms with E-state index in [9.17, 15) is 0 Å². The van der Waals surface area contributed by atoms with Crippen LogP contribution < -0.4 is 0 Å². The van der Waals surface area contributed by atoms with E-state index in [1.807, 2.05) is 0 Å². The lowest BCUT2D eigenvalue weighted by Gasteiger charge is -2.60. The van der Waals surface area contributed by atoms with Crippen molar-refractivity contribution in [3.05, 3.63) is 0 Å². The molecule has 2 bridgehead atoms. The lowest BCUT2D eigenvalue weighted by Crippen LogP contribution is -2.52. The zero-order chi connectivity index (χ0) is 10.3.